The van der Waals surface area contributed by atoms with E-state index in [1.807, 2.05) is 0 Å². The van der Waals surface area contributed by atoms with E-state index in [1.165, 1.54) is 24.3 Å². The van der Waals surface area contributed by atoms with Gasteiger partial charge in [0.25, 0.3) is 0 Å². The Balaban J connectivity index is 2.27. The normalized spacial score (nSPS) is 11.4. The summed E-state index contributed by atoms with van der Waals surface area (Å²) in [6.07, 6.45) is 0. The number of anilines is 1. The Labute approximate surface area is 121 Å². The lowest BCUT2D eigenvalue weighted by Gasteiger charge is -2.12. The number of nitrogens with one attached hydrogen (secondary N) is 1. The molecule has 0 saturated carbocycles. The molecule has 7 heteroatoms. The van der Waals surface area contributed by atoms with E-state index >= 15 is 0 Å². The molecule has 2 aromatic rings. The molecule has 0 aliphatic rings. The molecule has 0 aliphatic carbocycles. The number of hydrogen-bond donors (Lipinski definition) is 2. The van der Waals surface area contributed by atoms with Crippen LogP contribution in [0, 0.1) is 18.6 Å². The topological polar surface area (TPSA) is 72.2 Å². The Bertz CT molecular complexity index is 777. The van der Waals surface area contributed by atoms with Gasteiger partial charge in [-0.05, 0) is 30.7 Å². The molecule has 2 aromatic carbocycles. The second kappa shape index (κ2) is 5.79. The molecule has 4 nitrogen and oxygen atoms in total. The van der Waals surface area contributed by atoms with Crippen LogP contribution in [0.1, 0.15) is 11.1 Å². The predicted octanol–water partition coefficient (Wildman–Crippen LogP) is 2.53. The van der Waals surface area contributed by atoms with Gasteiger partial charge in [-0.25, -0.2) is 22.3 Å². The minimum Gasteiger partial charge on any atom is -0.381 e. The first-order valence-electron chi connectivity index (χ1n) is 6.10. The number of halogens is 2. The first kappa shape index (κ1) is 15.4. The third-order valence-corrected chi connectivity index (χ3v) is 4.15. The number of sulfonamides is 1. The highest BCUT2D eigenvalue weighted by molar-refractivity contribution is 7.89. The van der Waals surface area contributed by atoms with Crippen molar-refractivity contribution in [3.8, 4) is 0 Å². The molecule has 0 heterocycles. The molecule has 0 aliphatic heterocycles. The second-order valence-electron chi connectivity index (χ2n) is 4.54. The molecule has 21 heavy (non-hydrogen) atoms. The highest BCUT2D eigenvalue weighted by atomic mass is 32.2. The maximum Gasteiger partial charge on any atom is 0.238 e. The molecule has 0 aromatic heterocycles. The van der Waals surface area contributed by atoms with Gasteiger partial charge in [0.05, 0.1) is 4.90 Å². The van der Waals surface area contributed by atoms with Crippen molar-refractivity contribution in [2.45, 2.75) is 18.4 Å². The number of nitrogens with two attached hydrogens (primary N) is 1. The van der Waals surface area contributed by atoms with Crippen molar-refractivity contribution < 1.29 is 17.2 Å². The highest BCUT2D eigenvalue weighted by Crippen LogP contribution is 2.23. The van der Waals surface area contributed by atoms with Gasteiger partial charge in [0.15, 0.2) is 11.6 Å². The molecule has 0 unspecified atom stereocenters. The molecule has 112 valence electrons. The van der Waals surface area contributed by atoms with E-state index in [4.69, 9.17) is 5.14 Å². The van der Waals surface area contributed by atoms with Gasteiger partial charge in [-0.3, -0.25) is 0 Å². The smallest absolute Gasteiger partial charge is 0.238 e. The lowest BCUT2D eigenvalue weighted by Crippen LogP contribution is -2.14. The Morgan fingerprint density at radius 1 is 1.14 bits per heavy atom. The van der Waals surface area contributed by atoms with Crippen LogP contribution >= 0.6 is 0 Å². The van der Waals surface area contributed by atoms with Crippen molar-refractivity contribution in [2.75, 3.05) is 5.32 Å². The van der Waals surface area contributed by atoms with Crippen LogP contribution in [-0.4, -0.2) is 8.42 Å². The largest absolute Gasteiger partial charge is 0.381 e. The minimum atomic E-state index is -3.83. The standard InChI is InChI=1S/C14H14F2N2O2S/c1-9-12(6-3-7-13(9)21(17,19)20)18-8-10-4-2-5-11(15)14(10)16/h2-7,18H,8H2,1H3,(H2,17,19,20). The van der Waals surface area contributed by atoms with Crippen molar-refractivity contribution in [3.63, 3.8) is 0 Å². The molecule has 0 fully saturated rings. The molecular weight excluding hydrogens is 298 g/mol. The van der Waals surface area contributed by atoms with Crippen LogP contribution in [-0.2, 0) is 16.6 Å². The Morgan fingerprint density at radius 3 is 2.48 bits per heavy atom. The Kier molecular flexibility index (Phi) is 4.24. The fourth-order valence-corrected chi connectivity index (χ4v) is 2.79. The Morgan fingerprint density at radius 2 is 1.81 bits per heavy atom. The van der Waals surface area contributed by atoms with Gasteiger partial charge in [-0.1, -0.05) is 18.2 Å². The fraction of sp³-hybridized carbons (Fsp3) is 0.143. The average Bonchev–Trinajstić information content (AvgIpc) is 2.40. The van der Waals surface area contributed by atoms with Crippen LogP contribution in [0.3, 0.4) is 0 Å². The summed E-state index contributed by atoms with van der Waals surface area (Å²) in [7, 11) is -3.83. The van der Waals surface area contributed by atoms with E-state index in [0.717, 1.165) is 6.07 Å². The third-order valence-electron chi connectivity index (χ3n) is 3.09. The first-order valence-corrected chi connectivity index (χ1v) is 7.64. The summed E-state index contributed by atoms with van der Waals surface area (Å²) in [4.78, 5) is -0.00721. The molecule has 0 bridgehead atoms. The number of rotatable bonds is 4. The molecule has 0 radical (unpaired) electrons. The molecule has 2 rings (SSSR count). The van der Waals surface area contributed by atoms with Crippen molar-refractivity contribution in [2.24, 2.45) is 5.14 Å². The van der Waals surface area contributed by atoms with Gasteiger partial charge in [-0.15, -0.1) is 0 Å². The quantitative estimate of drug-likeness (QED) is 0.911. The van der Waals surface area contributed by atoms with Gasteiger partial charge >= 0.3 is 0 Å². The zero-order chi connectivity index (χ0) is 15.6. The molecule has 3 N–H and O–H groups in total. The van der Waals surface area contributed by atoms with Crippen molar-refractivity contribution in [3.05, 3.63) is 59.2 Å². The van der Waals surface area contributed by atoms with Crippen molar-refractivity contribution in [1.82, 2.24) is 0 Å². The van der Waals surface area contributed by atoms with Gasteiger partial charge in [0.1, 0.15) is 0 Å². The predicted molar refractivity (Wildman–Crippen MR) is 76.2 cm³/mol. The molecule has 0 saturated heterocycles. The third kappa shape index (κ3) is 3.37. The number of benzene rings is 2. The maximum atomic E-state index is 13.5. The average molecular weight is 312 g/mol. The van der Waals surface area contributed by atoms with Crippen molar-refractivity contribution >= 4 is 15.7 Å². The van der Waals surface area contributed by atoms with Crippen LogP contribution in [0.15, 0.2) is 41.3 Å². The lowest BCUT2D eigenvalue weighted by atomic mass is 10.1. The number of primary sulfonamides is 1. The summed E-state index contributed by atoms with van der Waals surface area (Å²) in [6.45, 7) is 1.61. The van der Waals surface area contributed by atoms with E-state index in [0.29, 0.717) is 11.3 Å². The molecule has 0 amide bonds. The zero-order valence-corrected chi connectivity index (χ0v) is 12.0. The van der Waals surface area contributed by atoms with Crippen LogP contribution in [0.4, 0.5) is 14.5 Å². The summed E-state index contributed by atoms with van der Waals surface area (Å²) in [6, 6.07) is 8.44. The highest BCUT2D eigenvalue weighted by Gasteiger charge is 2.14. The number of hydrogen-bond acceptors (Lipinski definition) is 3. The summed E-state index contributed by atoms with van der Waals surface area (Å²) >= 11 is 0. The van der Waals surface area contributed by atoms with E-state index in [9.17, 15) is 17.2 Å². The van der Waals surface area contributed by atoms with E-state index in [1.54, 1.807) is 13.0 Å². The van der Waals surface area contributed by atoms with Gasteiger partial charge < -0.3 is 5.32 Å². The minimum absolute atomic E-state index is 0.00721. The molecule has 0 spiro atoms. The summed E-state index contributed by atoms with van der Waals surface area (Å²) in [5, 5.41) is 8.00. The molecule has 0 atom stereocenters. The van der Waals surface area contributed by atoms with Crippen molar-refractivity contribution in [1.29, 1.82) is 0 Å². The van der Waals surface area contributed by atoms with Gasteiger partial charge in [0.2, 0.25) is 10.0 Å². The molecular formula is C14H14F2N2O2S. The van der Waals surface area contributed by atoms with Gasteiger partial charge in [-0.2, -0.15) is 0 Å². The van der Waals surface area contributed by atoms with E-state index in [2.05, 4.69) is 5.32 Å². The monoisotopic (exact) mass is 312 g/mol. The van der Waals surface area contributed by atoms with Crippen LogP contribution in [0.25, 0.3) is 0 Å². The summed E-state index contributed by atoms with van der Waals surface area (Å²) in [5.74, 6) is -1.85. The fourth-order valence-electron chi connectivity index (χ4n) is 1.99. The van der Waals surface area contributed by atoms with E-state index in [-0.39, 0.29) is 17.0 Å². The summed E-state index contributed by atoms with van der Waals surface area (Å²) < 4.78 is 49.5. The van der Waals surface area contributed by atoms with E-state index < -0.39 is 21.7 Å². The summed E-state index contributed by atoms with van der Waals surface area (Å²) in [5.41, 5.74) is 1.07. The lowest BCUT2D eigenvalue weighted by molar-refractivity contribution is 0.500. The van der Waals surface area contributed by atoms with Crippen LogP contribution in [0.2, 0.25) is 0 Å². The SMILES string of the molecule is Cc1c(NCc2cccc(F)c2F)cccc1S(N)(=O)=O. The van der Waals surface area contributed by atoms with Crippen LogP contribution in [0.5, 0.6) is 0 Å². The second-order valence-corrected chi connectivity index (χ2v) is 6.07. The Hall–Kier alpha value is -1.99. The van der Waals surface area contributed by atoms with Gasteiger partial charge in [0, 0.05) is 17.8 Å². The first-order chi connectivity index (χ1) is 9.80. The zero-order valence-electron chi connectivity index (χ0n) is 11.2. The maximum absolute atomic E-state index is 13.5. The van der Waals surface area contributed by atoms with Crippen LogP contribution < -0.4 is 10.5 Å².